The van der Waals surface area contributed by atoms with E-state index in [-0.39, 0.29) is 137 Å². The molecule has 1 aliphatic heterocycles. The number of phenolic OH excluding ortho intramolecular Hbond substituents is 1. The van der Waals surface area contributed by atoms with Crippen LogP contribution in [-0.2, 0) is 72.7 Å². The minimum absolute atomic E-state index is 0. The topological polar surface area (TPSA) is 394 Å². The Morgan fingerprint density at radius 1 is 0.467 bits per heavy atom. The molecule has 722 valence electrons. The number of phenols is 1. The van der Waals surface area contributed by atoms with Gasteiger partial charge < -0.3 is 90.3 Å². The zero-order valence-corrected chi connectivity index (χ0v) is 86.4. The number of pyridine rings is 3. The molecule has 0 unspecified atom stereocenters. The Morgan fingerprint density at radius 2 is 0.859 bits per heavy atom. The van der Waals surface area contributed by atoms with Crippen molar-refractivity contribution in [2.75, 3.05) is 126 Å². The third kappa shape index (κ3) is 34.5. The Bertz CT molecular complexity index is 5860. The summed E-state index contributed by atoms with van der Waals surface area (Å²) < 4.78 is 57.9. The van der Waals surface area contributed by atoms with E-state index >= 15 is 0 Å². The van der Waals surface area contributed by atoms with Crippen molar-refractivity contribution in [3.63, 3.8) is 0 Å². The number of carbonyl (C=O) groups excluding carboxylic acids is 5. The number of nitrogen functional groups attached to an aromatic ring is 2. The van der Waals surface area contributed by atoms with Crippen molar-refractivity contribution in [3.05, 3.63) is 232 Å². The standard InChI is InChI=1S/C31H34Cl2N4O5.C20H19Cl2N3O4.C16H20N2O2.C14H15ClN2O3.C6H5Cl2NO.C6H15N.C4H8O.Na.H2O/c1-31(2,3)27-15-19(37(5)36-27)14-20(38)13-18-7-8-25(29(33)28(18)32)42-24-9-10-35-23-17-26(41-12-11-40-6)22(16-21(23)24)30(39)34-4;1-24-20(26)12-9-11-14(10-17(12)28-8-7-27-2)25-6-5-15(11)29-16-4-3-13(23)18(21)19(16)22;1-16(2,3)14-10-12(18(4)17-14)11-15(19)20-13-8-6-5-7-9-13;1-16-14(18)10-7-9-11(15)3-4-17-12(9)8-13(10)20-6-5-19-2;7-5-3(9)1-2-4(10)6(5)8;1-4-7(5-2)6-3;1-2-4-5-3-1;;/h7-10,15-17H,11-14H2,1-6H3,(H,34,39);3-6,9-10H,7-8,23H2,1-2H3,(H,24,26);5-10H,11H2,1-4H3;3-4,7-8H,5-6H2,1-2H3,(H,16,18);1-2,10H,9H2;4-6H2,1-3H3;1-4H2;;1H2/q;;;;;;;+1;/p-1. The number of methoxy groups -OCH3 is 3. The number of esters is 1. The molecule has 5 aromatic heterocycles. The average Bonchev–Trinajstić information content (AvgIpc) is 1.79. The van der Waals surface area contributed by atoms with Gasteiger partial charge in [0.2, 0.25) is 0 Å². The summed E-state index contributed by atoms with van der Waals surface area (Å²) in [7, 11) is 13.1. The molecule has 1 aliphatic rings. The van der Waals surface area contributed by atoms with Gasteiger partial charge >= 0.3 is 35.5 Å². The SMILES string of the molecule is C1CCOC1.CCN(CC)CC.CNC(=O)c1cc2c(Cl)ccnc2cc1OCCOC.CNC(=O)c1cc2c(Oc3ccc(CC(=O)Cc4cc(C(C)(C)C)nn4C)c(Cl)c3Cl)ccnc2cc1OCCOC.CNC(=O)c1cc2c(Oc3ccc(N)c(Cl)c3Cl)ccnc2cc1OCCOC.Cn1nc(C(C)(C)C)cc1CC(=O)Oc1ccccc1.Nc1ccc(O)c(Cl)c1Cl.[Na+].[OH-]. The molecule has 7 aromatic carbocycles. The van der Waals surface area contributed by atoms with E-state index < -0.39 is 0 Å². The predicted molar refractivity (Wildman–Crippen MR) is 530 cm³/mol. The van der Waals surface area contributed by atoms with Crippen molar-refractivity contribution in [1.29, 1.82) is 0 Å². The molecule has 1 saturated heterocycles. The Labute approximate surface area is 844 Å². The van der Waals surface area contributed by atoms with Gasteiger partial charge in [-0.25, -0.2) is 0 Å². The van der Waals surface area contributed by atoms with E-state index in [1.807, 2.05) is 44.4 Å². The number of nitrogens with two attached hydrogens (primary N) is 2. The molecule has 13 rings (SSSR count). The maximum atomic E-state index is 13.0. The third-order valence-corrected chi connectivity index (χ3v) is 22.9. The van der Waals surface area contributed by atoms with E-state index in [1.54, 1.807) is 161 Å². The molecule has 0 atom stereocenters. The molecular weight excluding hydrogens is 1890 g/mol. The number of nitrogens with one attached hydrogen (secondary N) is 3. The zero-order chi connectivity index (χ0) is 97.8. The molecule has 38 heteroatoms. The van der Waals surface area contributed by atoms with Crippen LogP contribution in [0.25, 0.3) is 32.7 Å². The van der Waals surface area contributed by atoms with Crippen molar-refractivity contribution in [2.45, 2.75) is 105 Å². The summed E-state index contributed by atoms with van der Waals surface area (Å²) in [6.07, 6.45) is 7.89. The molecule has 9 N–H and O–H groups in total. The number of hydrogen-bond donors (Lipinski definition) is 6. The summed E-state index contributed by atoms with van der Waals surface area (Å²) in [6, 6.07) is 37.6. The van der Waals surface area contributed by atoms with Crippen LogP contribution in [0.2, 0.25) is 35.2 Å². The van der Waals surface area contributed by atoms with Crippen LogP contribution in [0.3, 0.4) is 0 Å². The smallest absolute Gasteiger partial charge is 0.870 e. The van der Waals surface area contributed by atoms with Crippen molar-refractivity contribution in [3.8, 4) is 51.7 Å². The van der Waals surface area contributed by atoms with Crippen LogP contribution < -0.4 is 85.4 Å². The van der Waals surface area contributed by atoms with Crippen LogP contribution in [-0.4, -0.2) is 194 Å². The Kier molecular flexibility index (Phi) is 48.9. The summed E-state index contributed by atoms with van der Waals surface area (Å²) in [5, 5.41) is 29.3. The van der Waals surface area contributed by atoms with E-state index in [1.165, 1.54) is 44.6 Å². The monoisotopic (exact) mass is 2000 g/mol. The average molecular weight is 2010 g/mol. The molecule has 1 fully saturated rings. The third-order valence-electron chi connectivity index (χ3n) is 19.9. The van der Waals surface area contributed by atoms with Gasteiger partial charge in [-0.3, -0.25) is 48.3 Å². The van der Waals surface area contributed by atoms with Gasteiger partial charge in [0.15, 0.2) is 0 Å². The first-order valence-electron chi connectivity index (χ1n) is 42.5. The predicted octanol–water partition coefficient (Wildman–Crippen LogP) is 16.8. The van der Waals surface area contributed by atoms with Gasteiger partial charge in [-0.1, -0.05) is 168 Å². The van der Waals surface area contributed by atoms with Crippen LogP contribution >= 0.6 is 81.2 Å². The number of fused-ring (bicyclic) bond motifs is 3. The van der Waals surface area contributed by atoms with Crippen LogP contribution in [0.1, 0.15) is 135 Å². The molecule has 0 aliphatic carbocycles. The van der Waals surface area contributed by atoms with Crippen LogP contribution in [0.5, 0.6) is 51.7 Å². The van der Waals surface area contributed by atoms with Gasteiger partial charge in [-0.15, -0.1) is 0 Å². The number of carbonyl (C=O) groups is 5. The number of ketones is 1. The number of nitrogens with zero attached hydrogens (tertiary/aromatic N) is 8. The van der Waals surface area contributed by atoms with Gasteiger partial charge in [0.05, 0.1) is 102 Å². The van der Waals surface area contributed by atoms with Crippen LogP contribution in [0.4, 0.5) is 11.4 Å². The minimum atomic E-state index is -0.324. The van der Waals surface area contributed by atoms with E-state index in [4.69, 9.17) is 145 Å². The van der Waals surface area contributed by atoms with Gasteiger partial charge in [-0.2, -0.15) is 10.2 Å². The second kappa shape index (κ2) is 57.2. The molecule has 6 heterocycles. The fraction of sp³-hybridized carbons (Fsp3) is 0.361. The summed E-state index contributed by atoms with van der Waals surface area (Å²) in [4.78, 5) is 77.2. The number of hydrogen-bond acceptors (Lipinski definition) is 25. The number of anilines is 2. The number of amides is 3. The number of ether oxygens (including phenoxy) is 10. The molecule has 0 saturated carbocycles. The molecule has 3 amide bonds. The zero-order valence-electron chi connectivity index (χ0n) is 79.1. The number of Topliss-reactive ketones (excluding diaryl/α,β-unsaturated/α-hetero) is 1. The number of para-hydroxylation sites is 1. The van der Waals surface area contributed by atoms with Gasteiger partial charge in [-0.05, 0) is 129 Å². The number of aryl methyl sites for hydroxylation is 2. The van der Waals surface area contributed by atoms with Gasteiger partial charge in [0, 0.05) is 158 Å². The quantitative estimate of drug-likeness (QED) is 0.00633. The number of halogens is 7. The maximum absolute atomic E-state index is 13.0. The summed E-state index contributed by atoms with van der Waals surface area (Å²) in [5.41, 5.74) is 18.8. The molecule has 30 nitrogen and oxygen atoms in total. The van der Waals surface area contributed by atoms with Crippen molar-refractivity contribution in [1.82, 2.24) is 55.4 Å². The molecule has 0 radical (unpaired) electrons. The number of benzene rings is 7. The summed E-state index contributed by atoms with van der Waals surface area (Å²) >= 11 is 42.8. The fourth-order valence-corrected chi connectivity index (χ4v) is 13.7. The molecule has 0 bridgehead atoms. The maximum Gasteiger partial charge on any atom is 1.00 e. The normalized spacial score (nSPS) is 11.3. The van der Waals surface area contributed by atoms with Crippen LogP contribution in [0.15, 0.2) is 152 Å². The fourth-order valence-electron chi connectivity index (χ4n) is 12.4. The molecule has 0 spiro atoms. The first kappa shape index (κ1) is 115. The number of aromatic nitrogens is 7. The van der Waals surface area contributed by atoms with Gasteiger partial charge in [0.1, 0.15) is 92.4 Å². The second-order valence-electron chi connectivity index (χ2n) is 31.5. The second-order valence-corrected chi connectivity index (χ2v) is 34.2. The van der Waals surface area contributed by atoms with E-state index in [2.05, 4.69) is 108 Å². The summed E-state index contributed by atoms with van der Waals surface area (Å²) in [6.45, 7) is 26.8. The largest absolute Gasteiger partial charge is 1.00 e. The van der Waals surface area contributed by atoms with Gasteiger partial charge in [0.25, 0.3) is 17.7 Å². The van der Waals surface area contributed by atoms with Crippen LogP contribution in [0, 0.1) is 0 Å². The van der Waals surface area contributed by atoms with E-state index in [0.717, 1.165) is 36.0 Å². The van der Waals surface area contributed by atoms with Crippen molar-refractivity contribution >= 4 is 155 Å². The minimum Gasteiger partial charge on any atom is -0.870 e. The van der Waals surface area contributed by atoms with E-state index in [0.29, 0.717) is 150 Å². The van der Waals surface area contributed by atoms with Crippen molar-refractivity contribution in [2.24, 2.45) is 14.1 Å². The number of aromatic hydroxyl groups is 1. The molecule has 135 heavy (non-hydrogen) atoms. The molecule has 12 aromatic rings. The Morgan fingerprint density at radius 3 is 1.24 bits per heavy atom. The molecular formula is C97H117Cl7N13NaO17. The first-order chi connectivity index (χ1) is 63.4. The van der Waals surface area contributed by atoms with Crippen molar-refractivity contribution < 1.29 is 111 Å². The number of rotatable bonds is 29. The first-order valence-corrected chi connectivity index (χ1v) is 45.1. The Balaban J connectivity index is 0.000000303. The van der Waals surface area contributed by atoms with E-state index in [9.17, 15) is 24.0 Å². The summed E-state index contributed by atoms with van der Waals surface area (Å²) in [5.74, 6) is 2.08. The Hall–Kier alpha value is -10.1.